The molecule has 1 atom stereocenters. The van der Waals surface area contributed by atoms with Gasteiger partial charge < -0.3 is 15.4 Å². The standard InChI is InChI=1S/C13H18ClN3O/c1-9-8-16-13(17-9)15-6-5-10-3-4-11(14)12(7-10)18-2/h3-4,7,9H,5-6,8H2,1-2H3,(H2,15,16,17). The first-order valence-corrected chi connectivity index (χ1v) is 6.44. The number of hydrogen-bond acceptors (Lipinski definition) is 4. The van der Waals surface area contributed by atoms with Crippen LogP contribution in [0.2, 0.25) is 5.02 Å². The molecule has 0 saturated heterocycles. The van der Waals surface area contributed by atoms with Gasteiger partial charge in [0.25, 0.3) is 0 Å². The molecule has 0 radical (unpaired) electrons. The van der Waals surface area contributed by atoms with E-state index in [1.165, 1.54) is 5.56 Å². The van der Waals surface area contributed by atoms with Crippen molar-refractivity contribution in [2.24, 2.45) is 4.99 Å². The van der Waals surface area contributed by atoms with Gasteiger partial charge in [0.2, 0.25) is 0 Å². The summed E-state index contributed by atoms with van der Waals surface area (Å²) in [4.78, 5) is 4.34. The third-order valence-electron chi connectivity index (χ3n) is 2.83. The van der Waals surface area contributed by atoms with E-state index in [9.17, 15) is 0 Å². The third-order valence-corrected chi connectivity index (χ3v) is 3.14. The minimum Gasteiger partial charge on any atom is -0.495 e. The maximum absolute atomic E-state index is 5.98. The Kier molecular flexibility index (Phi) is 4.31. The second kappa shape index (κ2) is 5.96. The maximum Gasteiger partial charge on any atom is 0.191 e. The molecule has 1 aromatic rings. The van der Waals surface area contributed by atoms with Crippen molar-refractivity contribution in [2.45, 2.75) is 19.4 Å². The molecule has 0 aromatic heterocycles. The summed E-state index contributed by atoms with van der Waals surface area (Å²) in [6, 6.07) is 6.28. The molecule has 4 nitrogen and oxygen atoms in total. The number of hydrogen-bond donors (Lipinski definition) is 2. The fourth-order valence-electron chi connectivity index (χ4n) is 1.84. The van der Waals surface area contributed by atoms with Crippen LogP contribution in [0.15, 0.2) is 23.2 Å². The smallest absolute Gasteiger partial charge is 0.191 e. The number of aliphatic imine (C=N–C) groups is 1. The van der Waals surface area contributed by atoms with E-state index in [0.717, 1.165) is 31.2 Å². The topological polar surface area (TPSA) is 45.6 Å². The van der Waals surface area contributed by atoms with Gasteiger partial charge in [0, 0.05) is 12.6 Å². The summed E-state index contributed by atoms with van der Waals surface area (Å²) in [6.45, 7) is 3.79. The van der Waals surface area contributed by atoms with Gasteiger partial charge >= 0.3 is 0 Å². The Hall–Kier alpha value is -1.42. The highest BCUT2D eigenvalue weighted by atomic mass is 35.5. The average molecular weight is 268 g/mol. The van der Waals surface area contributed by atoms with Gasteiger partial charge in [0.05, 0.1) is 18.7 Å². The Bertz CT molecular complexity index is 448. The second-order valence-corrected chi connectivity index (χ2v) is 4.79. The molecule has 2 N–H and O–H groups in total. The minimum atomic E-state index is 0.433. The molecule has 1 aliphatic rings. The SMILES string of the molecule is COc1cc(CCNC2=NCC(C)N2)ccc1Cl. The molecule has 1 aromatic carbocycles. The average Bonchev–Trinajstić information content (AvgIpc) is 2.77. The number of guanidine groups is 1. The van der Waals surface area contributed by atoms with Crippen molar-refractivity contribution in [1.82, 2.24) is 10.6 Å². The molecule has 98 valence electrons. The first kappa shape index (κ1) is 13.0. The zero-order chi connectivity index (χ0) is 13.0. The lowest BCUT2D eigenvalue weighted by atomic mass is 10.1. The monoisotopic (exact) mass is 267 g/mol. The van der Waals surface area contributed by atoms with E-state index in [4.69, 9.17) is 16.3 Å². The molecule has 2 rings (SSSR count). The predicted molar refractivity (Wildman–Crippen MR) is 74.6 cm³/mol. The molecule has 1 unspecified atom stereocenters. The molecule has 0 fully saturated rings. The van der Waals surface area contributed by atoms with Gasteiger partial charge in [0.1, 0.15) is 5.75 Å². The second-order valence-electron chi connectivity index (χ2n) is 4.38. The van der Waals surface area contributed by atoms with Crippen LogP contribution in [0, 0.1) is 0 Å². The van der Waals surface area contributed by atoms with Gasteiger partial charge in [-0.05, 0) is 31.0 Å². The molecule has 1 heterocycles. The Morgan fingerprint density at radius 1 is 1.56 bits per heavy atom. The summed E-state index contributed by atoms with van der Waals surface area (Å²) >= 11 is 5.98. The summed E-state index contributed by atoms with van der Waals surface area (Å²) in [6.07, 6.45) is 0.905. The van der Waals surface area contributed by atoms with E-state index in [1.807, 2.05) is 18.2 Å². The summed E-state index contributed by atoms with van der Waals surface area (Å²) in [5.41, 5.74) is 1.19. The van der Waals surface area contributed by atoms with Crippen LogP contribution in [0.25, 0.3) is 0 Å². The van der Waals surface area contributed by atoms with E-state index in [1.54, 1.807) is 7.11 Å². The normalized spacial score (nSPS) is 18.2. The van der Waals surface area contributed by atoms with Crippen LogP contribution < -0.4 is 15.4 Å². The number of rotatable bonds is 4. The zero-order valence-corrected chi connectivity index (χ0v) is 11.4. The number of halogens is 1. The lowest BCUT2D eigenvalue weighted by Gasteiger charge is -2.10. The predicted octanol–water partition coefficient (Wildman–Crippen LogP) is 1.83. The van der Waals surface area contributed by atoms with Crippen LogP contribution in [0.5, 0.6) is 5.75 Å². The zero-order valence-electron chi connectivity index (χ0n) is 10.7. The number of ether oxygens (including phenoxy) is 1. The number of methoxy groups -OCH3 is 1. The third kappa shape index (κ3) is 3.29. The summed E-state index contributed by atoms with van der Waals surface area (Å²) in [7, 11) is 1.63. The van der Waals surface area contributed by atoms with Crippen LogP contribution in [-0.2, 0) is 6.42 Å². The first-order chi connectivity index (χ1) is 8.69. The Labute approximate surface area is 112 Å². The highest BCUT2D eigenvalue weighted by Crippen LogP contribution is 2.24. The van der Waals surface area contributed by atoms with E-state index in [-0.39, 0.29) is 0 Å². The van der Waals surface area contributed by atoms with Crippen molar-refractivity contribution in [3.8, 4) is 5.75 Å². The number of nitrogens with zero attached hydrogens (tertiary/aromatic N) is 1. The van der Waals surface area contributed by atoms with Crippen molar-refractivity contribution in [3.63, 3.8) is 0 Å². The van der Waals surface area contributed by atoms with Crippen molar-refractivity contribution < 1.29 is 4.74 Å². The fraction of sp³-hybridized carbons (Fsp3) is 0.462. The van der Waals surface area contributed by atoms with Gasteiger partial charge in [0.15, 0.2) is 5.96 Å². The lowest BCUT2D eigenvalue weighted by molar-refractivity contribution is 0.414. The van der Waals surface area contributed by atoms with Gasteiger partial charge in [-0.15, -0.1) is 0 Å². The Morgan fingerprint density at radius 3 is 3.06 bits per heavy atom. The molecular formula is C13H18ClN3O. The fourth-order valence-corrected chi connectivity index (χ4v) is 2.04. The quantitative estimate of drug-likeness (QED) is 0.875. The lowest BCUT2D eigenvalue weighted by Crippen LogP contribution is -2.38. The van der Waals surface area contributed by atoms with Gasteiger partial charge in [-0.3, -0.25) is 4.99 Å². The van der Waals surface area contributed by atoms with Crippen LogP contribution in [0.1, 0.15) is 12.5 Å². The summed E-state index contributed by atoms with van der Waals surface area (Å²) in [5.74, 6) is 1.61. The van der Waals surface area contributed by atoms with Crippen LogP contribution in [0.3, 0.4) is 0 Å². The number of benzene rings is 1. The van der Waals surface area contributed by atoms with Gasteiger partial charge in [-0.2, -0.15) is 0 Å². The highest BCUT2D eigenvalue weighted by Gasteiger charge is 2.11. The van der Waals surface area contributed by atoms with Crippen molar-refractivity contribution in [2.75, 3.05) is 20.2 Å². The van der Waals surface area contributed by atoms with Crippen molar-refractivity contribution in [1.29, 1.82) is 0 Å². The molecular weight excluding hydrogens is 250 g/mol. The van der Waals surface area contributed by atoms with E-state index in [2.05, 4.69) is 22.5 Å². The first-order valence-electron chi connectivity index (χ1n) is 6.06. The summed E-state index contributed by atoms with van der Waals surface area (Å²) in [5, 5.41) is 7.19. The van der Waals surface area contributed by atoms with Crippen LogP contribution in [-0.4, -0.2) is 32.2 Å². The van der Waals surface area contributed by atoms with Gasteiger partial charge in [-0.1, -0.05) is 17.7 Å². The van der Waals surface area contributed by atoms with E-state index < -0.39 is 0 Å². The Balaban J connectivity index is 1.83. The van der Waals surface area contributed by atoms with Crippen LogP contribution in [0.4, 0.5) is 0 Å². The van der Waals surface area contributed by atoms with Crippen molar-refractivity contribution in [3.05, 3.63) is 28.8 Å². The Morgan fingerprint density at radius 2 is 2.39 bits per heavy atom. The molecule has 0 spiro atoms. The summed E-state index contributed by atoms with van der Waals surface area (Å²) < 4.78 is 5.19. The number of nitrogens with one attached hydrogen (secondary N) is 2. The molecule has 0 aliphatic carbocycles. The maximum atomic E-state index is 5.98. The van der Waals surface area contributed by atoms with Gasteiger partial charge in [-0.25, -0.2) is 0 Å². The molecule has 1 aliphatic heterocycles. The van der Waals surface area contributed by atoms with E-state index in [0.29, 0.717) is 11.1 Å². The minimum absolute atomic E-state index is 0.433. The molecule has 5 heteroatoms. The molecule has 0 saturated carbocycles. The molecule has 18 heavy (non-hydrogen) atoms. The molecule has 0 amide bonds. The van der Waals surface area contributed by atoms with Crippen molar-refractivity contribution >= 4 is 17.6 Å². The largest absolute Gasteiger partial charge is 0.495 e. The molecule has 0 bridgehead atoms. The van der Waals surface area contributed by atoms with E-state index >= 15 is 0 Å². The van der Waals surface area contributed by atoms with Crippen LogP contribution >= 0.6 is 11.6 Å². The highest BCUT2D eigenvalue weighted by molar-refractivity contribution is 6.32.